The summed E-state index contributed by atoms with van der Waals surface area (Å²) in [6.45, 7) is 7.15. The highest BCUT2D eigenvalue weighted by molar-refractivity contribution is 5.78. The van der Waals surface area contributed by atoms with Crippen molar-refractivity contribution in [1.82, 2.24) is 24.6 Å². The number of piperidine rings is 1. The Labute approximate surface area is 144 Å². The molecule has 3 rings (SSSR count). The molecule has 0 radical (unpaired) electrons. The van der Waals surface area contributed by atoms with Crippen LogP contribution in [0.15, 0.2) is 0 Å². The van der Waals surface area contributed by atoms with Crippen LogP contribution in [0.1, 0.15) is 30.9 Å². The summed E-state index contributed by atoms with van der Waals surface area (Å²) in [6, 6.07) is 0. The molecule has 0 aromatic carbocycles. The SMILES string of the molecule is Cc1nnc(CN2CCC(CN(C)C(=O)C3CCOC3)CC2)n1C. The van der Waals surface area contributed by atoms with Crippen molar-refractivity contribution in [3.8, 4) is 0 Å². The first-order valence-corrected chi connectivity index (χ1v) is 8.94. The van der Waals surface area contributed by atoms with Gasteiger partial charge in [-0.2, -0.15) is 0 Å². The second kappa shape index (κ2) is 7.61. The van der Waals surface area contributed by atoms with E-state index in [4.69, 9.17) is 4.74 Å². The molecule has 1 amide bonds. The van der Waals surface area contributed by atoms with Crippen molar-refractivity contribution < 1.29 is 9.53 Å². The first-order chi connectivity index (χ1) is 11.5. The van der Waals surface area contributed by atoms with Crippen molar-refractivity contribution in [3.05, 3.63) is 11.6 Å². The van der Waals surface area contributed by atoms with Crippen molar-refractivity contribution in [3.63, 3.8) is 0 Å². The fraction of sp³-hybridized carbons (Fsp3) is 0.824. The third-order valence-electron chi connectivity index (χ3n) is 5.44. The zero-order valence-electron chi connectivity index (χ0n) is 15.1. The van der Waals surface area contributed by atoms with Crippen LogP contribution in [-0.2, 0) is 23.1 Å². The highest BCUT2D eigenvalue weighted by Crippen LogP contribution is 2.21. The number of aryl methyl sites for hydroxylation is 1. The summed E-state index contributed by atoms with van der Waals surface area (Å²) in [4.78, 5) is 16.7. The molecule has 0 saturated carbocycles. The fourth-order valence-electron chi connectivity index (χ4n) is 3.63. The molecular weight excluding hydrogens is 306 g/mol. The van der Waals surface area contributed by atoms with Crippen LogP contribution in [0.4, 0.5) is 0 Å². The average Bonchev–Trinajstić information content (AvgIpc) is 3.22. The number of carbonyl (C=O) groups is 1. The summed E-state index contributed by atoms with van der Waals surface area (Å²) in [5, 5.41) is 8.38. The Morgan fingerprint density at radius 3 is 2.62 bits per heavy atom. The van der Waals surface area contributed by atoms with Crippen molar-refractivity contribution in [2.24, 2.45) is 18.9 Å². The van der Waals surface area contributed by atoms with Gasteiger partial charge in [0.2, 0.25) is 5.91 Å². The number of nitrogens with zero attached hydrogens (tertiary/aromatic N) is 5. The van der Waals surface area contributed by atoms with Crippen molar-refractivity contribution in [1.29, 1.82) is 0 Å². The molecule has 134 valence electrons. The van der Waals surface area contributed by atoms with Crippen LogP contribution in [0.25, 0.3) is 0 Å². The van der Waals surface area contributed by atoms with Crippen molar-refractivity contribution >= 4 is 5.91 Å². The Hall–Kier alpha value is -1.47. The Balaban J connectivity index is 1.43. The van der Waals surface area contributed by atoms with Gasteiger partial charge in [0.1, 0.15) is 11.6 Å². The monoisotopic (exact) mass is 335 g/mol. The van der Waals surface area contributed by atoms with Crippen molar-refractivity contribution in [2.45, 2.75) is 32.7 Å². The maximum atomic E-state index is 12.4. The van der Waals surface area contributed by atoms with E-state index in [1.807, 2.05) is 25.9 Å². The van der Waals surface area contributed by atoms with Crippen LogP contribution in [-0.4, -0.2) is 70.4 Å². The highest BCUT2D eigenvalue weighted by Gasteiger charge is 2.28. The van der Waals surface area contributed by atoms with E-state index in [1.165, 1.54) is 0 Å². The average molecular weight is 335 g/mol. The van der Waals surface area contributed by atoms with Gasteiger partial charge in [-0.25, -0.2) is 0 Å². The van der Waals surface area contributed by atoms with Gasteiger partial charge in [-0.15, -0.1) is 10.2 Å². The first kappa shape index (κ1) is 17.4. The smallest absolute Gasteiger partial charge is 0.227 e. The van der Waals surface area contributed by atoms with Gasteiger partial charge >= 0.3 is 0 Å². The maximum Gasteiger partial charge on any atom is 0.227 e. The van der Waals surface area contributed by atoms with Crippen LogP contribution in [0.2, 0.25) is 0 Å². The third-order valence-corrected chi connectivity index (χ3v) is 5.44. The summed E-state index contributed by atoms with van der Waals surface area (Å²) in [6.07, 6.45) is 3.14. The van der Waals surface area contributed by atoms with Gasteiger partial charge in [0.15, 0.2) is 0 Å². The minimum absolute atomic E-state index is 0.0780. The Morgan fingerprint density at radius 1 is 1.29 bits per heavy atom. The van der Waals surface area contributed by atoms with E-state index < -0.39 is 0 Å². The minimum atomic E-state index is 0.0780. The van der Waals surface area contributed by atoms with Gasteiger partial charge in [-0.05, 0) is 45.2 Å². The zero-order valence-corrected chi connectivity index (χ0v) is 15.1. The number of hydrogen-bond acceptors (Lipinski definition) is 5. The molecule has 7 heteroatoms. The first-order valence-electron chi connectivity index (χ1n) is 8.94. The molecule has 1 atom stereocenters. The van der Waals surface area contributed by atoms with Gasteiger partial charge < -0.3 is 14.2 Å². The van der Waals surface area contributed by atoms with Gasteiger partial charge in [0, 0.05) is 27.2 Å². The molecule has 0 bridgehead atoms. The lowest BCUT2D eigenvalue weighted by atomic mass is 9.95. The van der Waals surface area contributed by atoms with E-state index >= 15 is 0 Å². The Kier molecular flexibility index (Phi) is 5.50. The number of rotatable bonds is 5. The van der Waals surface area contributed by atoms with Crippen molar-refractivity contribution in [2.75, 3.05) is 39.9 Å². The third kappa shape index (κ3) is 3.95. The lowest BCUT2D eigenvalue weighted by Gasteiger charge is -2.34. The number of amides is 1. The molecule has 2 fully saturated rings. The number of likely N-dealkylation sites (tertiary alicyclic amines) is 1. The van der Waals surface area contributed by atoms with Crippen LogP contribution in [0, 0.1) is 18.8 Å². The number of aromatic nitrogens is 3. The number of carbonyl (C=O) groups excluding carboxylic acids is 1. The van der Waals surface area contributed by atoms with Gasteiger partial charge in [0.25, 0.3) is 0 Å². The molecule has 3 heterocycles. The molecular formula is C17H29N5O2. The normalized spacial score (nSPS) is 22.9. The number of ether oxygens (including phenoxy) is 1. The summed E-state index contributed by atoms with van der Waals surface area (Å²) in [5.74, 6) is 2.91. The van der Waals surface area contributed by atoms with E-state index in [0.717, 1.165) is 63.7 Å². The summed E-state index contributed by atoms with van der Waals surface area (Å²) in [7, 11) is 3.96. The lowest BCUT2D eigenvalue weighted by molar-refractivity contribution is -0.134. The predicted octanol–water partition coefficient (Wildman–Crippen LogP) is 0.830. The molecule has 0 N–H and O–H groups in total. The lowest BCUT2D eigenvalue weighted by Crippen LogP contribution is -2.41. The molecule has 24 heavy (non-hydrogen) atoms. The standard InChI is InChI=1S/C17H29N5O2/c1-13-18-19-16(21(13)3)11-22-7-4-14(5-8-22)10-20(2)17(23)15-6-9-24-12-15/h14-15H,4-12H2,1-3H3. The topological polar surface area (TPSA) is 63.5 Å². The van der Waals surface area contributed by atoms with Gasteiger partial charge in [-0.1, -0.05) is 0 Å². The molecule has 2 aliphatic rings. The molecule has 2 aliphatic heterocycles. The molecule has 1 aromatic heterocycles. The van der Waals surface area contributed by atoms with Crippen LogP contribution < -0.4 is 0 Å². The van der Waals surface area contributed by atoms with Gasteiger partial charge in [0.05, 0.1) is 19.1 Å². The summed E-state index contributed by atoms with van der Waals surface area (Å²) >= 11 is 0. The molecule has 1 unspecified atom stereocenters. The second-order valence-electron chi connectivity index (χ2n) is 7.22. The Morgan fingerprint density at radius 2 is 2.04 bits per heavy atom. The van der Waals surface area contributed by atoms with Crippen LogP contribution in [0.3, 0.4) is 0 Å². The largest absolute Gasteiger partial charge is 0.381 e. The molecule has 1 aromatic rings. The minimum Gasteiger partial charge on any atom is -0.381 e. The predicted molar refractivity (Wildman–Crippen MR) is 90.3 cm³/mol. The number of hydrogen-bond donors (Lipinski definition) is 0. The van der Waals surface area contributed by atoms with E-state index in [2.05, 4.69) is 19.7 Å². The molecule has 7 nitrogen and oxygen atoms in total. The summed E-state index contributed by atoms with van der Waals surface area (Å²) in [5.41, 5.74) is 0. The molecule has 0 aliphatic carbocycles. The zero-order chi connectivity index (χ0) is 17.1. The van der Waals surface area contributed by atoms with E-state index in [-0.39, 0.29) is 11.8 Å². The van der Waals surface area contributed by atoms with Crippen LogP contribution in [0.5, 0.6) is 0 Å². The quantitative estimate of drug-likeness (QED) is 0.797. The van der Waals surface area contributed by atoms with E-state index in [9.17, 15) is 4.79 Å². The van der Waals surface area contributed by atoms with E-state index in [1.54, 1.807) is 0 Å². The highest BCUT2D eigenvalue weighted by atomic mass is 16.5. The second-order valence-corrected chi connectivity index (χ2v) is 7.22. The van der Waals surface area contributed by atoms with Gasteiger partial charge in [-0.3, -0.25) is 9.69 Å². The van der Waals surface area contributed by atoms with Crippen LogP contribution >= 0.6 is 0 Å². The molecule has 0 spiro atoms. The fourth-order valence-corrected chi connectivity index (χ4v) is 3.63. The molecule has 2 saturated heterocycles. The van der Waals surface area contributed by atoms with E-state index in [0.29, 0.717) is 12.5 Å². The summed E-state index contributed by atoms with van der Waals surface area (Å²) < 4.78 is 7.39. The maximum absolute atomic E-state index is 12.4. The Bertz CT molecular complexity index is 559.